The lowest BCUT2D eigenvalue weighted by Crippen LogP contribution is -2.14. The highest BCUT2D eigenvalue weighted by molar-refractivity contribution is 6.03. The van der Waals surface area contributed by atoms with Crippen LogP contribution in [0.15, 0.2) is 84.9 Å². The average Bonchev–Trinajstić information content (AvgIpc) is 2.57. The summed E-state index contributed by atoms with van der Waals surface area (Å²) in [5, 5.41) is 0. The number of hydrogen-bond donors (Lipinski definition) is 0. The van der Waals surface area contributed by atoms with Crippen molar-refractivity contribution in [2.45, 2.75) is 5.92 Å². The summed E-state index contributed by atoms with van der Waals surface area (Å²) in [4.78, 5) is 12.9. The minimum absolute atomic E-state index is 0.0302. The van der Waals surface area contributed by atoms with Crippen LogP contribution in [-0.2, 0) is 0 Å². The van der Waals surface area contributed by atoms with Gasteiger partial charge in [0.15, 0.2) is 5.78 Å². The summed E-state index contributed by atoms with van der Waals surface area (Å²) >= 11 is 0. The number of ketones is 1. The van der Waals surface area contributed by atoms with Gasteiger partial charge in [0.25, 0.3) is 0 Å². The SMILES string of the molecule is O=C(c1ccc(F)cc1)C(c1ccccc1)c1ccccc1. The molecule has 0 N–H and O–H groups in total. The van der Waals surface area contributed by atoms with E-state index in [0.29, 0.717) is 5.56 Å². The van der Waals surface area contributed by atoms with E-state index in [1.54, 1.807) is 0 Å². The predicted octanol–water partition coefficient (Wildman–Crippen LogP) is 4.84. The van der Waals surface area contributed by atoms with Crippen LogP contribution in [-0.4, -0.2) is 5.78 Å². The molecule has 0 spiro atoms. The molecule has 0 saturated carbocycles. The third kappa shape index (κ3) is 2.96. The van der Waals surface area contributed by atoms with Crippen LogP contribution in [0.1, 0.15) is 27.4 Å². The zero-order chi connectivity index (χ0) is 15.4. The Hall–Kier alpha value is -2.74. The lowest BCUT2D eigenvalue weighted by Gasteiger charge is -2.17. The van der Waals surface area contributed by atoms with Crippen molar-refractivity contribution in [1.29, 1.82) is 0 Å². The van der Waals surface area contributed by atoms with Crippen molar-refractivity contribution in [3.8, 4) is 0 Å². The molecule has 108 valence electrons. The van der Waals surface area contributed by atoms with Crippen LogP contribution in [0.2, 0.25) is 0 Å². The maximum atomic E-state index is 13.1. The van der Waals surface area contributed by atoms with Crippen LogP contribution in [0.3, 0.4) is 0 Å². The monoisotopic (exact) mass is 290 g/mol. The number of hydrogen-bond acceptors (Lipinski definition) is 1. The van der Waals surface area contributed by atoms with Crippen molar-refractivity contribution in [1.82, 2.24) is 0 Å². The van der Waals surface area contributed by atoms with E-state index in [-0.39, 0.29) is 17.5 Å². The molecule has 0 aliphatic rings. The molecule has 0 amide bonds. The zero-order valence-corrected chi connectivity index (χ0v) is 11.9. The minimum atomic E-state index is -0.382. The molecule has 3 aromatic rings. The molecule has 0 saturated heterocycles. The third-order valence-electron chi connectivity index (χ3n) is 3.66. The molecule has 0 aromatic heterocycles. The first-order valence-corrected chi connectivity index (χ1v) is 7.15. The molecule has 0 fully saturated rings. The summed E-state index contributed by atoms with van der Waals surface area (Å²) in [5.41, 5.74) is 2.38. The molecule has 3 aromatic carbocycles. The van der Waals surface area contributed by atoms with Crippen LogP contribution >= 0.6 is 0 Å². The molecule has 0 heterocycles. The molecule has 0 radical (unpaired) electrons. The van der Waals surface area contributed by atoms with Crippen molar-refractivity contribution >= 4 is 5.78 Å². The Bertz CT molecular complexity index is 709. The number of rotatable bonds is 4. The normalized spacial score (nSPS) is 10.6. The van der Waals surface area contributed by atoms with Crippen molar-refractivity contribution in [3.05, 3.63) is 107 Å². The molecule has 2 heteroatoms. The smallest absolute Gasteiger partial charge is 0.174 e. The van der Waals surface area contributed by atoms with E-state index in [0.717, 1.165) is 11.1 Å². The molecule has 0 atom stereocenters. The van der Waals surface area contributed by atoms with E-state index in [1.165, 1.54) is 24.3 Å². The highest BCUT2D eigenvalue weighted by Gasteiger charge is 2.23. The number of carbonyl (C=O) groups is 1. The lowest BCUT2D eigenvalue weighted by molar-refractivity contribution is 0.0974. The fourth-order valence-electron chi connectivity index (χ4n) is 2.57. The van der Waals surface area contributed by atoms with Crippen LogP contribution in [0.5, 0.6) is 0 Å². The summed E-state index contributed by atoms with van der Waals surface area (Å²) < 4.78 is 13.1. The Morgan fingerprint density at radius 3 is 1.59 bits per heavy atom. The first kappa shape index (κ1) is 14.2. The van der Waals surface area contributed by atoms with Gasteiger partial charge in [-0.25, -0.2) is 4.39 Å². The fourth-order valence-corrected chi connectivity index (χ4v) is 2.57. The number of benzene rings is 3. The van der Waals surface area contributed by atoms with Crippen LogP contribution in [0.25, 0.3) is 0 Å². The molecule has 22 heavy (non-hydrogen) atoms. The Morgan fingerprint density at radius 1 is 0.682 bits per heavy atom. The van der Waals surface area contributed by atoms with Gasteiger partial charge in [-0.3, -0.25) is 4.79 Å². The molecule has 3 rings (SSSR count). The Balaban J connectivity index is 2.06. The van der Waals surface area contributed by atoms with Crippen LogP contribution < -0.4 is 0 Å². The molecule has 0 unspecified atom stereocenters. The maximum Gasteiger partial charge on any atom is 0.174 e. The molecule has 0 aliphatic carbocycles. The topological polar surface area (TPSA) is 17.1 Å². The summed E-state index contributed by atoms with van der Waals surface area (Å²) in [6.07, 6.45) is 0. The highest BCUT2D eigenvalue weighted by Crippen LogP contribution is 2.28. The zero-order valence-electron chi connectivity index (χ0n) is 11.9. The quantitative estimate of drug-likeness (QED) is 0.628. The van der Waals surface area contributed by atoms with Gasteiger partial charge in [0.1, 0.15) is 5.82 Å². The van der Waals surface area contributed by atoms with Gasteiger partial charge in [0.05, 0.1) is 5.92 Å². The molecule has 1 nitrogen and oxygen atoms in total. The highest BCUT2D eigenvalue weighted by atomic mass is 19.1. The van der Waals surface area contributed by atoms with E-state index >= 15 is 0 Å². The standard InChI is InChI=1S/C20H15FO/c21-18-13-11-17(12-14-18)20(22)19(15-7-3-1-4-8-15)16-9-5-2-6-10-16/h1-14,19H. The van der Waals surface area contributed by atoms with Gasteiger partial charge in [0, 0.05) is 5.56 Å². The second-order valence-electron chi connectivity index (χ2n) is 5.13. The van der Waals surface area contributed by atoms with E-state index in [9.17, 15) is 9.18 Å². The van der Waals surface area contributed by atoms with E-state index in [4.69, 9.17) is 0 Å². The van der Waals surface area contributed by atoms with Crippen molar-refractivity contribution in [2.75, 3.05) is 0 Å². The second kappa shape index (κ2) is 6.35. The molecule has 0 aliphatic heterocycles. The summed E-state index contributed by atoms with van der Waals surface area (Å²) in [6, 6.07) is 25.0. The summed E-state index contributed by atoms with van der Waals surface area (Å²) in [5.74, 6) is -0.752. The minimum Gasteiger partial charge on any atom is -0.293 e. The molecular weight excluding hydrogens is 275 g/mol. The first-order chi connectivity index (χ1) is 10.8. The number of carbonyl (C=O) groups excluding carboxylic acids is 1. The van der Waals surface area contributed by atoms with E-state index in [2.05, 4.69) is 0 Å². The predicted molar refractivity (Wildman–Crippen MR) is 85.5 cm³/mol. The van der Waals surface area contributed by atoms with Gasteiger partial charge in [-0.15, -0.1) is 0 Å². The Morgan fingerprint density at radius 2 is 1.14 bits per heavy atom. The van der Waals surface area contributed by atoms with Crippen molar-refractivity contribution in [2.24, 2.45) is 0 Å². The van der Waals surface area contributed by atoms with Crippen molar-refractivity contribution < 1.29 is 9.18 Å². The van der Waals surface area contributed by atoms with Gasteiger partial charge < -0.3 is 0 Å². The largest absolute Gasteiger partial charge is 0.293 e. The van der Waals surface area contributed by atoms with Gasteiger partial charge >= 0.3 is 0 Å². The van der Waals surface area contributed by atoms with Gasteiger partial charge in [0.2, 0.25) is 0 Å². The van der Waals surface area contributed by atoms with Crippen LogP contribution in [0.4, 0.5) is 4.39 Å². The Kier molecular flexibility index (Phi) is 4.10. The number of halogens is 1. The maximum absolute atomic E-state index is 13.1. The van der Waals surface area contributed by atoms with Gasteiger partial charge in [-0.1, -0.05) is 60.7 Å². The third-order valence-corrected chi connectivity index (χ3v) is 3.66. The van der Waals surface area contributed by atoms with Crippen LogP contribution in [0, 0.1) is 5.82 Å². The number of Topliss-reactive ketones (excluding diaryl/α,β-unsaturated/α-hetero) is 1. The molecular formula is C20H15FO. The lowest BCUT2D eigenvalue weighted by atomic mass is 9.85. The van der Waals surface area contributed by atoms with E-state index in [1.807, 2.05) is 60.7 Å². The second-order valence-corrected chi connectivity index (χ2v) is 5.13. The van der Waals surface area contributed by atoms with Gasteiger partial charge in [-0.05, 0) is 35.4 Å². The molecule has 0 bridgehead atoms. The Labute approximate surface area is 129 Å². The van der Waals surface area contributed by atoms with Crippen molar-refractivity contribution in [3.63, 3.8) is 0 Å². The van der Waals surface area contributed by atoms with Gasteiger partial charge in [-0.2, -0.15) is 0 Å². The van der Waals surface area contributed by atoms with E-state index < -0.39 is 0 Å². The summed E-state index contributed by atoms with van der Waals surface area (Å²) in [6.45, 7) is 0. The first-order valence-electron chi connectivity index (χ1n) is 7.15. The fraction of sp³-hybridized carbons (Fsp3) is 0.0500. The average molecular weight is 290 g/mol. The summed E-state index contributed by atoms with van der Waals surface area (Å²) in [7, 11) is 0.